The Bertz CT molecular complexity index is 3050. The van der Waals surface area contributed by atoms with Crippen molar-refractivity contribution in [3.63, 3.8) is 0 Å². The lowest BCUT2D eigenvalue weighted by molar-refractivity contribution is 0.670. The molecule has 1 heterocycles. The van der Waals surface area contributed by atoms with Crippen LogP contribution in [0, 0.1) is 0 Å². The van der Waals surface area contributed by atoms with Crippen molar-refractivity contribution >= 4 is 77.6 Å². The van der Waals surface area contributed by atoms with E-state index in [9.17, 15) is 0 Å². The van der Waals surface area contributed by atoms with E-state index in [1.165, 1.54) is 22.3 Å². The molecule has 59 heavy (non-hydrogen) atoms. The summed E-state index contributed by atoms with van der Waals surface area (Å²) >= 11 is 0. The zero-order valence-electron chi connectivity index (χ0n) is 32.2. The highest BCUT2D eigenvalue weighted by molar-refractivity contribution is 6.14. The van der Waals surface area contributed by atoms with Gasteiger partial charge in [-0.05, 0) is 141 Å². The van der Waals surface area contributed by atoms with Crippen molar-refractivity contribution in [3.8, 4) is 22.3 Å². The molecule has 0 atom stereocenters. The normalized spacial score (nSPS) is 11.4. The predicted molar refractivity (Wildman–Crippen MR) is 249 cm³/mol. The highest BCUT2D eigenvalue weighted by atomic mass is 16.3. The zero-order chi connectivity index (χ0) is 39.1. The van der Waals surface area contributed by atoms with Crippen LogP contribution in [0.3, 0.4) is 0 Å². The van der Waals surface area contributed by atoms with E-state index in [-0.39, 0.29) is 0 Å². The van der Waals surface area contributed by atoms with Crippen LogP contribution in [0.25, 0.3) is 65.7 Å². The smallest absolute Gasteiger partial charge is 0.136 e. The molecule has 0 aliphatic carbocycles. The number of hydrogen-bond acceptors (Lipinski definition) is 3. The predicted octanol–water partition coefficient (Wildman–Crippen LogP) is 16.2. The minimum absolute atomic E-state index is 0.884. The van der Waals surface area contributed by atoms with Crippen LogP contribution in [0.1, 0.15) is 0 Å². The van der Waals surface area contributed by atoms with Crippen molar-refractivity contribution in [3.05, 3.63) is 231 Å². The molecule has 278 valence electrons. The Morgan fingerprint density at radius 1 is 0.237 bits per heavy atom. The van der Waals surface area contributed by atoms with Crippen LogP contribution in [-0.2, 0) is 0 Å². The molecule has 0 bridgehead atoms. The van der Waals surface area contributed by atoms with E-state index in [2.05, 4.69) is 240 Å². The van der Waals surface area contributed by atoms with Crippen LogP contribution >= 0.6 is 0 Å². The first-order valence-electron chi connectivity index (χ1n) is 20.1. The number of fused-ring (bicyclic) bond motifs is 5. The number of para-hydroxylation sites is 2. The summed E-state index contributed by atoms with van der Waals surface area (Å²) in [7, 11) is 0. The summed E-state index contributed by atoms with van der Waals surface area (Å²) in [4.78, 5) is 4.68. The maximum absolute atomic E-state index is 6.59. The Morgan fingerprint density at radius 3 is 1.02 bits per heavy atom. The number of nitrogens with zero attached hydrogens (tertiary/aromatic N) is 2. The topological polar surface area (TPSA) is 19.6 Å². The average Bonchev–Trinajstić information content (AvgIpc) is 3.65. The molecule has 0 saturated carbocycles. The maximum atomic E-state index is 6.59. The third-order valence-corrected chi connectivity index (χ3v) is 11.3. The maximum Gasteiger partial charge on any atom is 0.136 e. The van der Waals surface area contributed by atoms with Gasteiger partial charge in [-0.2, -0.15) is 0 Å². The van der Waals surface area contributed by atoms with Gasteiger partial charge in [0.05, 0.1) is 0 Å². The minimum Gasteiger partial charge on any atom is -0.456 e. The van der Waals surface area contributed by atoms with Gasteiger partial charge in [-0.25, -0.2) is 0 Å². The zero-order valence-corrected chi connectivity index (χ0v) is 32.2. The fraction of sp³-hybridized carbons (Fsp3) is 0. The van der Waals surface area contributed by atoms with Gasteiger partial charge in [0.1, 0.15) is 11.2 Å². The molecule has 10 aromatic carbocycles. The summed E-state index contributed by atoms with van der Waals surface area (Å²) in [5.74, 6) is 0. The number of rotatable bonds is 8. The third kappa shape index (κ3) is 6.45. The summed E-state index contributed by atoms with van der Waals surface area (Å²) < 4.78 is 6.59. The van der Waals surface area contributed by atoms with Crippen molar-refractivity contribution in [1.82, 2.24) is 0 Å². The van der Waals surface area contributed by atoms with Gasteiger partial charge >= 0.3 is 0 Å². The number of benzene rings is 10. The van der Waals surface area contributed by atoms with Gasteiger partial charge in [0.25, 0.3) is 0 Å². The molecule has 0 aliphatic rings. The SMILES string of the molecule is c1ccc(-c2cccc(N(c3ccccc3)c3ccc4cc5oc6cc7ccc(N(c8ccccc8)c8cccc(-c9ccccc9)c8)cc7cc6c5cc4c3)c2)cc1. The van der Waals surface area contributed by atoms with Crippen molar-refractivity contribution in [2.24, 2.45) is 0 Å². The van der Waals surface area contributed by atoms with Gasteiger partial charge < -0.3 is 14.2 Å². The first kappa shape index (κ1) is 34.4. The van der Waals surface area contributed by atoms with Gasteiger partial charge in [0, 0.05) is 44.9 Å². The van der Waals surface area contributed by atoms with Gasteiger partial charge in [-0.3, -0.25) is 0 Å². The van der Waals surface area contributed by atoms with Crippen LogP contribution in [0.15, 0.2) is 235 Å². The molecule has 0 radical (unpaired) electrons. The van der Waals surface area contributed by atoms with Crippen molar-refractivity contribution in [2.75, 3.05) is 9.80 Å². The van der Waals surface area contributed by atoms with Crippen LogP contribution in [0.5, 0.6) is 0 Å². The monoisotopic (exact) mass is 754 g/mol. The summed E-state index contributed by atoms with van der Waals surface area (Å²) in [5.41, 5.74) is 13.1. The Kier molecular flexibility index (Phi) is 8.49. The van der Waals surface area contributed by atoms with Crippen LogP contribution < -0.4 is 9.80 Å². The largest absolute Gasteiger partial charge is 0.456 e. The molecular weight excluding hydrogens is 717 g/mol. The molecule has 0 unspecified atom stereocenters. The van der Waals surface area contributed by atoms with E-state index in [1.807, 2.05) is 0 Å². The van der Waals surface area contributed by atoms with Crippen LogP contribution in [0.2, 0.25) is 0 Å². The lowest BCUT2D eigenvalue weighted by atomic mass is 10.0. The summed E-state index contributed by atoms with van der Waals surface area (Å²) in [6.07, 6.45) is 0. The summed E-state index contributed by atoms with van der Waals surface area (Å²) in [6, 6.07) is 82.3. The molecule has 0 spiro atoms. The van der Waals surface area contributed by atoms with Gasteiger partial charge in [-0.15, -0.1) is 0 Å². The quantitative estimate of drug-likeness (QED) is 0.154. The molecule has 0 amide bonds. The number of anilines is 6. The van der Waals surface area contributed by atoms with E-state index >= 15 is 0 Å². The number of hydrogen-bond donors (Lipinski definition) is 0. The van der Waals surface area contributed by atoms with E-state index in [1.54, 1.807) is 0 Å². The lowest BCUT2D eigenvalue weighted by Crippen LogP contribution is -2.09. The molecule has 3 nitrogen and oxygen atoms in total. The first-order chi connectivity index (χ1) is 29.2. The standard InChI is InChI=1S/C56H38N2O/c1-5-15-39(16-6-1)41-19-13-25-49(31-41)57(47-21-9-3-10-22-47)51-29-27-43-37-55-53(35-45(43)33-51)54-36-46-34-52(30-28-44(46)38-56(54)59-55)58(48-23-11-4-12-24-48)50-26-14-20-42(32-50)40-17-7-2-8-18-40/h1-38H. The fourth-order valence-corrected chi connectivity index (χ4v) is 8.47. The van der Waals surface area contributed by atoms with E-state index in [0.29, 0.717) is 0 Å². The van der Waals surface area contributed by atoms with Gasteiger partial charge in [0.2, 0.25) is 0 Å². The van der Waals surface area contributed by atoms with Crippen molar-refractivity contribution in [1.29, 1.82) is 0 Å². The fourth-order valence-electron chi connectivity index (χ4n) is 8.47. The number of furan rings is 1. The molecule has 0 fully saturated rings. The second-order valence-electron chi connectivity index (χ2n) is 15.0. The highest BCUT2D eigenvalue weighted by Crippen LogP contribution is 2.42. The van der Waals surface area contributed by atoms with Gasteiger partial charge in [-0.1, -0.05) is 133 Å². The average molecular weight is 755 g/mol. The Balaban J connectivity index is 1.02. The molecule has 11 aromatic rings. The first-order valence-corrected chi connectivity index (χ1v) is 20.1. The lowest BCUT2D eigenvalue weighted by Gasteiger charge is -2.26. The van der Waals surface area contributed by atoms with Crippen molar-refractivity contribution < 1.29 is 4.42 Å². The second-order valence-corrected chi connectivity index (χ2v) is 15.0. The van der Waals surface area contributed by atoms with E-state index in [4.69, 9.17) is 4.42 Å². The van der Waals surface area contributed by atoms with E-state index in [0.717, 1.165) is 77.6 Å². The third-order valence-electron chi connectivity index (χ3n) is 11.3. The highest BCUT2D eigenvalue weighted by Gasteiger charge is 2.18. The molecule has 0 saturated heterocycles. The Morgan fingerprint density at radius 2 is 0.593 bits per heavy atom. The summed E-state index contributed by atoms with van der Waals surface area (Å²) in [5, 5.41) is 6.78. The second kappa shape index (κ2) is 14.6. The van der Waals surface area contributed by atoms with Crippen LogP contribution in [-0.4, -0.2) is 0 Å². The Hall–Kier alpha value is -7.88. The molecule has 0 aliphatic heterocycles. The molecule has 3 heteroatoms. The minimum atomic E-state index is 0.884. The Labute approximate surface area is 343 Å². The molecule has 0 N–H and O–H groups in total. The van der Waals surface area contributed by atoms with Gasteiger partial charge in [0.15, 0.2) is 0 Å². The molecule has 1 aromatic heterocycles. The summed E-state index contributed by atoms with van der Waals surface area (Å²) in [6.45, 7) is 0. The van der Waals surface area contributed by atoms with Crippen LogP contribution in [0.4, 0.5) is 34.1 Å². The molecular formula is C56H38N2O. The van der Waals surface area contributed by atoms with E-state index < -0.39 is 0 Å². The van der Waals surface area contributed by atoms with Crippen molar-refractivity contribution in [2.45, 2.75) is 0 Å². The molecule has 11 rings (SSSR count).